The van der Waals surface area contributed by atoms with Gasteiger partial charge in [-0.1, -0.05) is 6.92 Å². The van der Waals surface area contributed by atoms with Crippen molar-refractivity contribution in [2.75, 3.05) is 5.32 Å². The second kappa shape index (κ2) is 5.09. The summed E-state index contributed by atoms with van der Waals surface area (Å²) in [6.45, 7) is 1.92. The van der Waals surface area contributed by atoms with Gasteiger partial charge in [-0.15, -0.1) is 0 Å². The van der Waals surface area contributed by atoms with Gasteiger partial charge < -0.3 is 5.11 Å². The summed E-state index contributed by atoms with van der Waals surface area (Å²) in [6, 6.07) is 3.04. The van der Waals surface area contributed by atoms with Gasteiger partial charge in [-0.25, -0.2) is 9.78 Å². The number of amides is 1. The molecule has 1 amide bonds. The Hall–Kier alpha value is -1.91. The maximum absolute atomic E-state index is 11.4. The Bertz CT molecular complexity index is 359. The van der Waals surface area contributed by atoms with E-state index in [4.69, 9.17) is 5.11 Å². The number of ketones is 1. The lowest BCUT2D eigenvalue weighted by molar-refractivity contribution is 0.0981. The van der Waals surface area contributed by atoms with Crippen LogP contribution in [-0.4, -0.2) is 22.0 Å². The van der Waals surface area contributed by atoms with Crippen LogP contribution in [0, 0.1) is 0 Å². The van der Waals surface area contributed by atoms with Gasteiger partial charge in [0, 0.05) is 18.2 Å². The summed E-state index contributed by atoms with van der Waals surface area (Å²) in [5, 5.41) is 10.5. The largest absolute Gasteiger partial charge is 0.465 e. The zero-order valence-electron chi connectivity index (χ0n) is 8.36. The Balaban J connectivity index is 2.71. The molecule has 0 aliphatic carbocycles. The molecule has 0 unspecified atom stereocenters. The molecule has 1 rings (SSSR count). The van der Waals surface area contributed by atoms with Gasteiger partial charge in [0.15, 0.2) is 5.78 Å². The molecule has 0 aliphatic heterocycles. The zero-order chi connectivity index (χ0) is 11.3. The van der Waals surface area contributed by atoms with E-state index in [0.717, 1.165) is 6.42 Å². The van der Waals surface area contributed by atoms with Gasteiger partial charge >= 0.3 is 6.09 Å². The number of nitrogens with zero attached hydrogens (tertiary/aromatic N) is 1. The number of nitrogens with one attached hydrogen (secondary N) is 1. The third-order valence-electron chi connectivity index (χ3n) is 1.80. The predicted molar refractivity (Wildman–Crippen MR) is 55.1 cm³/mol. The van der Waals surface area contributed by atoms with E-state index >= 15 is 0 Å². The highest BCUT2D eigenvalue weighted by Crippen LogP contribution is 2.08. The van der Waals surface area contributed by atoms with Gasteiger partial charge in [0.05, 0.1) is 0 Å². The SMILES string of the molecule is CCCC(=O)c1ccc(NC(=O)O)nc1. The van der Waals surface area contributed by atoms with Crippen LogP contribution in [0.25, 0.3) is 0 Å². The molecule has 0 radical (unpaired) electrons. The number of carbonyl (C=O) groups is 2. The molecule has 0 saturated carbocycles. The molecule has 1 aromatic rings. The summed E-state index contributed by atoms with van der Waals surface area (Å²) in [6.07, 6.45) is 1.47. The van der Waals surface area contributed by atoms with E-state index in [1.54, 1.807) is 6.07 Å². The topological polar surface area (TPSA) is 79.3 Å². The molecule has 80 valence electrons. The normalized spacial score (nSPS) is 9.67. The van der Waals surface area contributed by atoms with Gasteiger partial charge in [-0.2, -0.15) is 0 Å². The van der Waals surface area contributed by atoms with Crippen molar-refractivity contribution in [1.82, 2.24) is 4.98 Å². The summed E-state index contributed by atoms with van der Waals surface area (Å²) in [4.78, 5) is 25.5. The minimum absolute atomic E-state index is 0.0203. The Morgan fingerprint density at radius 2 is 2.20 bits per heavy atom. The molecular weight excluding hydrogens is 196 g/mol. The Morgan fingerprint density at radius 1 is 1.47 bits per heavy atom. The number of hydrogen-bond donors (Lipinski definition) is 2. The van der Waals surface area contributed by atoms with E-state index in [0.29, 0.717) is 12.0 Å². The minimum Gasteiger partial charge on any atom is -0.465 e. The van der Waals surface area contributed by atoms with E-state index in [9.17, 15) is 9.59 Å². The minimum atomic E-state index is -1.17. The van der Waals surface area contributed by atoms with Crippen molar-refractivity contribution in [1.29, 1.82) is 0 Å². The van der Waals surface area contributed by atoms with Gasteiger partial charge in [0.1, 0.15) is 5.82 Å². The molecule has 0 bridgehead atoms. The van der Waals surface area contributed by atoms with Gasteiger partial charge in [0.2, 0.25) is 0 Å². The molecule has 15 heavy (non-hydrogen) atoms. The van der Waals surface area contributed by atoms with E-state index in [1.165, 1.54) is 12.3 Å². The number of carboxylic acid groups (broad SMARTS) is 1. The fourth-order valence-corrected chi connectivity index (χ4v) is 1.11. The fraction of sp³-hybridized carbons (Fsp3) is 0.300. The van der Waals surface area contributed by atoms with Crippen LogP contribution in [0.3, 0.4) is 0 Å². The fourth-order valence-electron chi connectivity index (χ4n) is 1.11. The Morgan fingerprint density at radius 3 is 2.67 bits per heavy atom. The average Bonchev–Trinajstić information content (AvgIpc) is 2.18. The number of anilines is 1. The van der Waals surface area contributed by atoms with E-state index in [-0.39, 0.29) is 11.6 Å². The summed E-state index contributed by atoms with van der Waals surface area (Å²) in [5.74, 6) is 0.238. The molecular formula is C10H12N2O3. The van der Waals surface area contributed by atoms with Crippen molar-refractivity contribution in [3.63, 3.8) is 0 Å². The van der Waals surface area contributed by atoms with Crippen molar-refractivity contribution in [3.8, 4) is 0 Å². The molecule has 0 aliphatic rings. The number of aromatic nitrogens is 1. The van der Waals surface area contributed by atoms with Crippen LogP contribution >= 0.6 is 0 Å². The Kier molecular flexibility index (Phi) is 3.79. The van der Waals surface area contributed by atoms with Crippen molar-refractivity contribution in [2.45, 2.75) is 19.8 Å². The molecule has 0 spiro atoms. The second-order valence-electron chi connectivity index (χ2n) is 3.04. The number of Topliss-reactive ketones (excluding diaryl/α,β-unsaturated/α-hetero) is 1. The number of carbonyl (C=O) groups excluding carboxylic acids is 1. The number of pyridine rings is 1. The van der Waals surface area contributed by atoms with Crippen LogP contribution in [0.5, 0.6) is 0 Å². The first-order chi connectivity index (χ1) is 7.13. The summed E-state index contributed by atoms with van der Waals surface area (Å²) < 4.78 is 0. The van der Waals surface area contributed by atoms with Crippen LogP contribution < -0.4 is 5.32 Å². The number of hydrogen-bond acceptors (Lipinski definition) is 3. The zero-order valence-corrected chi connectivity index (χ0v) is 8.36. The second-order valence-corrected chi connectivity index (χ2v) is 3.04. The van der Waals surface area contributed by atoms with Crippen molar-refractivity contribution in [3.05, 3.63) is 23.9 Å². The van der Waals surface area contributed by atoms with Crippen LogP contribution in [0.15, 0.2) is 18.3 Å². The van der Waals surface area contributed by atoms with Gasteiger partial charge in [-0.05, 0) is 18.6 Å². The van der Waals surface area contributed by atoms with Crippen LogP contribution in [-0.2, 0) is 0 Å². The standard InChI is InChI=1S/C10H12N2O3/c1-2-3-8(13)7-4-5-9(11-6-7)12-10(14)15/h4-6H,2-3H2,1H3,(H,11,12)(H,14,15). The van der Waals surface area contributed by atoms with Crippen molar-refractivity contribution >= 4 is 17.7 Å². The highest BCUT2D eigenvalue weighted by Gasteiger charge is 2.05. The highest BCUT2D eigenvalue weighted by molar-refractivity contribution is 5.96. The van der Waals surface area contributed by atoms with Crippen molar-refractivity contribution < 1.29 is 14.7 Å². The molecule has 0 aromatic carbocycles. The monoisotopic (exact) mass is 208 g/mol. The van der Waals surface area contributed by atoms with Crippen LogP contribution in [0.4, 0.5) is 10.6 Å². The molecule has 1 heterocycles. The quantitative estimate of drug-likeness (QED) is 0.743. The Labute approximate surface area is 87.1 Å². The van der Waals surface area contributed by atoms with Gasteiger partial charge in [-0.3, -0.25) is 10.1 Å². The lowest BCUT2D eigenvalue weighted by atomic mass is 10.1. The van der Waals surface area contributed by atoms with Crippen LogP contribution in [0.1, 0.15) is 30.1 Å². The lowest BCUT2D eigenvalue weighted by Crippen LogP contribution is -2.09. The third-order valence-corrected chi connectivity index (χ3v) is 1.80. The molecule has 0 saturated heterocycles. The first-order valence-corrected chi connectivity index (χ1v) is 4.62. The molecule has 0 fully saturated rings. The van der Waals surface area contributed by atoms with Gasteiger partial charge in [0.25, 0.3) is 0 Å². The smallest absolute Gasteiger partial charge is 0.410 e. The summed E-state index contributed by atoms with van der Waals surface area (Å²) >= 11 is 0. The molecule has 2 N–H and O–H groups in total. The summed E-state index contributed by atoms with van der Waals surface area (Å²) in [5.41, 5.74) is 0.507. The molecule has 5 heteroatoms. The van der Waals surface area contributed by atoms with E-state index in [1.807, 2.05) is 6.92 Å². The van der Waals surface area contributed by atoms with Crippen LogP contribution in [0.2, 0.25) is 0 Å². The van der Waals surface area contributed by atoms with E-state index < -0.39 is 6.09 Å². The maximum atomic E-state index is 11.4. The number of rotatable bonds is 4. The molecule has 0 atom stereocenters. The summed E-state index contributed by atoms with van der Waals surface area (Å²) in [7, 11) is 0. The molecule has 1 aromatic heterocycles. The maximum Gasteiger partial charge on any atom is 0.410 e. The molecule has 5 nitrogen and oxygen atoms in total. The third kappa shape index (κ3) is 3.38. The average molecular weight is 208 g/mol. The lowest BCUT2D eigenvalue weighted by Gasteiger charge is -2.01. The first kappa shape index (κ1) is 11.2. The van der Waals surface area contributed by atoms with E-state index in [2.05, 4.69) is 10.3 Å². The predicted octanol–water partition coefficient (Wildman–Crippen LogP) is 2.15. The van der Waals surface area contributed by atoms with Crippen molar-refractivity contribution in [2.24, 2.45) is 0 Å². The first-order valence-electron chi connectivity index (χ1n) is 4.62. The highest BCUT2D eigenvalue weighted by atomic mass is 16.4.